The second kappa shape index (κ2) is 8.27. The molecule has 180 valence electrons. The van der Waals surface area contributed by atoms with Crippen molar-refractivity contribution in [1.82, 2.24) is 25.1 Å². The van der Waals surface area contributed by atoms with Gasteiger partial charge < -0.3 is 15.5 Å². The topological polar surface area (TPSA) is 88.0 Å². The number of nitrogens with zero attached hydrogens (tertiary/aromatic N) is 5. The molecule has 0 radical (unpaired) electrons. The van der Waals surface area contributed by atoms with Gasteiger partial charge in [-0.1, -0.05) is 0 Å². The van der Waals surface area contributed by atoms with Gasteiger partial charge in [0.15, 0.2) is 5.82 Å². The predicted molar refractivity (Wildman–Crippen MR) is 134 cm³/mol. The summed E-state index contributed by atoms with van der Waals surface area (Å²) in [6.07, 6.45) is 5.73. The second-order valence-electron chi connectivity index (χ2n) is 9.92. The van der Waals surface area contributed by atoms with Gasteiger partial charge in [0, 0.05) is 72.7 Å². The van der Waals surface area contributed by atoms with Crippen LogP contribution in [-0.4, -0.2) is 50.8 Å². The molecule has 9 heteroatoms. The largest absolute Gasteiger partial charge is 0.368 e. The first-order chi connectivity index (χ1) is 16.9. The third kappa shape index (κ3) is 4.10. The number of carbonyl (C=O) groups excluding carboxylic acids is 1. The highest BCUT2D eigenvalue weighted by Gasteiger charge is 2.29. The summed E-state index contributed by atoms with van der Waals surface area (Å²) in [6, 6.07) is 7.54. The number of benzene rings is 2. The second-order valence-corrected chi connectivity index (χ2v) is 9.92. The van der Waals surface area contributed by atoms with Gasteiger partial charge >= 0.3 is 0 Å². The van der Waals surface area contributed by atoms with Gasteiger partial charge in [-0.05, 0) is 51.0 Å². The molecule has 2 aromatic heterocycles. The van der Waals surface area contributed by atoms with Crippen LogP contribution >= 0.6 is 0 Å². The molecule has 1 amide bonds. The lowest BCUT2D eigenvalue weighted by molar-refractivity contribution is 0.102. The maximum atomic E-state index is 14.6. The first-order valence-electron chi connectivity index (χ1n) is 12.1. The Kier molecular flexibility index (Phi) is 5.17. The number of carbonyl (C=O) groups is 1. The Morgan fingerprint density at radius 2 is 1.91 bits per heavy atom. The molecule has 0 bridgehead atoms. The Morgan fingerprint density at radius 1 is 1.14 bits per heavy atom. The number of hydrogen-bond donors (Lipinski definition) is 2. The number of halogens is 1. The zero-order valence-corrected chi connectivity index (χ0v) is 20.0. The molecule has 1 aliphatic heterocycles. The van der Waals surface area contributed by atoms with Gasteiger partial charge in [-0.15, -0.1) is 0 Å². The molecule has 3 heterocycles. The molecule has 1 saturated carbocycles. The molecule has 0 unspecified atom stereocenters. The highest BCUT2D eigenvalue weighted by atomic mass is 19.1. The van der Waals surface area contributed by atoms with E-state index >= 15 is 0 Å². The van der Waals surface area contributed by atoms with E-state index in [2.05, 4.69) is 39.5 Å². The zero-order chi connectivity index (χ0) is 24.3. The smallest absolute Gasteiger partial charge is 0.257 e. The number of aryl methyl sites for hydroxylation is 1. The molecule has 2 fully saturated rings. The van der Waals surface area contributed by atoms with E-state index in [0.717, 1.165) is 42.8 Å². The molecule has 2 aromatic carbocycles. The molecular weight excluding hydrogens is 445 g/mol. The fourth-order valence-corrected chi connectivity index (χ4v) is 5.12. The van der Waals surface area contributed by atoms with Crippen LogP contribution in [0.3, 0.4) is 0 Å². The lowest BCUT2D eigenvalue weighted by atomic mass is 10.0. The molecule has 2 N–H and O–H groups in total. The van der Waals surface area contributed by atoms with Crippen LogP contribution in [-0.2, 0) is 7.05 Å². The van der Waals surface area contributed by atoms with Gasteiger partial charge in [0.25, 0.3) is 5.91 Å². The number of nitrogens with one attached hydrogen (secondary N) is 2. The fourth-order valence-electron chi connectivity index (χ4n) is 5.12. The number of rotatable bonds is 4. The van der Waals surface area contributed by atoms with E-state index in [9.17, 15) is 9.18 Å². The number of hydrogen-bond acceptors (Lipinski definition) is 6. The summed E-state index contributed by atoms with van der Waals surface area (Å²) in [5.41, 5.74) is 2.78. The van der Waals surface area contributed by atoms with Gasteiger partial charge in [0.2, 0.25) is 0 Å². The SMILES string of the molecule is C[C@H]1CN(c2ccc(C(=O)Nc3cc(F)c4nn(C)cc4c3)c3nc(C4CC4)ncc23)C[C@H](C)N1. The average Bonchev–Trinajstić information content (AvgIpc) is 3.59. The molecule has 35 heavy (non-hydrogen) atoms. The fraction of sp³-hybridized carbons (Fsp3) is 0.385. The Hall–Kier alpha value is -3.59. The molecule has 0 spiro atoms. The summed E-state index contributed by atoms with van der Waals surface area (Å²) in [4.78, 5) is 25.3. The Morgan fingerprint density at radius 3 is 2.66 bits per heavy atom. The minimum atomic E-state index is -0.473. The Balaban J connectivity index is 1.40. The van der Waals surface area contributed by atoms with Crippen molar-refractivity contribution < 1.29 is 9.18 Å². The minimum Gasteiger partial charge on any atom is -0.368 e. The summed E-state index contributed by atoms with van der Waals surface area (Å²) >= 11 is 0. The Bertz CT molecular complexity index is 1450. The van der Waals surface area contributed by atoms with E-state index in [0.29, 0.717) is 40.2 Å². The molecule has 6 rings (SSSR count). The van der Waals surface area contributed by atoms with Gasteiger partial charge in [0.05, 0.1) is 11.1 Å². The number of anilines is 2. The molecule has 2 atom stereocenters. The standard InChI is InChI=1S/C26H28FN7O/c1-14-11-34(12-15(2)29-14)22-7-6-19(24-20(22)10-28-25(31-24)16-4-5-16)26(35)30-18-8-17-13-33(3)32-23(17)21(27)9-18/h6-10,13-16,29H,4-5,11-12H2,1-3H3,(H,30,35)/t14-,15-/m0/s1. The third-order valence-electron chi connectivity index (χ3n) is 6.77. The maximum absolute atomic E-state index is 14.6. The quantitative estimate of drug-likeness (QED) is 0.466. The summed E-state index contributed by atoms with van der Waals surface area (Å²) in [7, 11) is 1.74. The summed E-state index contributed by atoms with van der Waals surface area (Å²) < 4.78 is 16.1. The number of fused-ring (bicyclic) bond motifs is 2. The first kappa shape index (κ1) is 21.9. The predicted octanol–water partition coefficient (Wildman–Crippen LogP) is 3.97. The number of piperazine rings is 1. The van der Waals surface area contributed by atoms with Gasteiger partial charge in [0.1, 0.15) is 11.3 Å². The zero-order valence-electron chi connectivity index (χ0n) is 20.0. The van der Waals surface area contributed by atoms with Crippen molar-refractivity contribution in [2.75, 3.05) is 23.3 Å². The van der Waals surface area contributed by atoms with E-state index in [1.807, 2.05) is 18.3 Å². The van der Waals surface area contributed by atoms with Crippen LogP contribution in [0.5, 0.6) is 0 Å². The average molecular weight is 474 g/mol. The van der Waals surface area contributed by atoms with Crippen LogP contribution in [0.2, 0.25) is 0 Å². The van der Waals surface area contributed by atoms with Crippen molar-refractivity contribution in [3.63, 3.8) is 0 Å². The van der Waals surface area contributed by atoms with Crippen molar-refractivity contribution in [2.24, 2.45) is 7.05 Å². The monoisotopic (exact) mass is 473 g/mol. The van der Waals surface area contributed by atoms with Crippen molar-refractivity contribution in [1.29, 1.82) is 0 Å². The van der Waals surface area contributed by atoms with E-state index in [1.165, 1.54) is 6.07 Å². The van der Waals surface area contributed by atoms with Gasteiger partial charge in [-0.2, -0.15) is 5.10 Å². The van der Waals surface area contributed by atoms with Gasteiger partial charge in [-0.25, -0.2) is 14.4 Å². The number of aromatic nitrogens is 4. The maximum Gasteiger partial charge on any atom is 0.257 e. The number of amides is 1. The molecule has 1 aliphatic carbocycles. The molecular formula is C26H28FN7O. The Labute approximate surface area is 202 Å². The highest BCUT2D eigenvalue weighted by molar-refractivity contribution is 6.14. The van der Waals surface area contributed by atoms with Crippen LogP contribution in [0.25, 0.3) is 21.8 Å². The summed E-state index contributed by atoms with van der Waals surface area (Å²) in [5.74, 6) is 0.347. The summed E-state index contributed by atoms with van der Waals surface area (Å²) in [5, 5.41) is 12.0. The van der Waals surface area contributed by atoms with E-state index in [1.54, 1.807) is 24.0 Å². The third-order valence-corrected chi connectivity index (χ3v) is 6.77. The van der Waals surface area contributed by atoms with Crippen LogP contribution in [0.1, 0.15) is 48.8 Å². The molecule has 8 nitrogen and oxygen atoms in total. The molecule has 1 saturated heterocycles. The van der Waals surface area contributed by atoms with Crippen LogP contribution in [0.4, 0.5) is 15.8 Å². The van der Waals surface area contributed by atoms with E-state index < -0.39 is 5.82 Å². The van der Waals surface area contributed by atoms with Gasteiger partial charge in [-0.3, -0.25) is 9.48 Å². The molecule has 4 aromatic rings. The minimum absolute atomic E-state index is 0.279. The van der Waals surface area contributed by atoms with E-state index in [4.69, 9.17) is 4.98 Å². The van der Waals surface area contributed by atoms with Crippen molar-refractivity contribution in [3.05, 3.63) is 53.9 Å². The lowest BCUT2D eigenvalue weighted by Gasteiger charge is -2.38. The van der Waals surface area contributed by atoms with Crippen molar-refractivity contribution in [2.45, 2.75) is 44.7 Å². The first-order valence-corrected chi connectivity index (χ1v) is 12.1. The van der Waals surface area contributed by atoms with Crippen LogP contribution in [0, 0.1) is 5.82 Å². The van der Waals surface area contributed by atoms with Crippen molar-refractivity contribution in [3.8, 4) is 0 Å². The van der Waals surface area contributed by atoms with Crippen molar-refractivity contribution >= 4 is 39.1 Å². The lowest BCUT2D eigenvalue weighted by Crippen LogP contribution is -2.54. The highest BCUT2D eigenvalue weighted by Crippen LogP contribution is 2.39. The van der Waals surface area contributed by atoms with E-state index in [-0.39, 0.29) is 11.4 Å². The normalized spacial score (nSPS) is 20.5. The van der Waals surface area contributed by atoms with Crippen LogP contribution in [0.15, 0.2) is 36.7 Å². The molecule has 2 aliphatic rings. The van der Waals surface area contributed by atoms with Crippen LogP contribution < -0.4 is 15.5 Å². The summed E-state index contributed by atoms with van der Waals surface area (Å²) in [6.45, 7) is 6.07.